The van der Waals surface area contributed by atoms with Crippen molar-refractivity contribution >= 4 is 11.7 Å². The van der Waals surface area contributed by atoms with Crippen LogP contribution in [0.3, 0.4) is 0 Å². The molecule has 0 saturated heterocycles. The fourth-order valence-corrected chi connectivity index (χ4v) is 1.49. The molecule has 0 aliphatic heterocycles. The van der Waals surface area contributed by atoms with Gasteiger partial charge in [-0.1, -0.05) is 12.1 Å². The highest BCUT2D eigenvalue weighted by atomic mass is 16.5. The van der Waals surface area contributed by atoms with Crippen LogP contribution in [0.5, 0.6) is 11.5 Å². The third-order valence-electron chi connectivity index (χ3n) is 2.45. The van der Waals surface area contributed by atoms with E-state index in [9.17, 15) is 4.79 Å². The van der Waals surface area contributed by atoms with Gasteiger partial charge >= 0.3 is 5.97 Å². The van der Waals surface area contributed by atoms with Crippen LogP contribution in [0.4, 0.5) is 5.69 Å². The highest BCUT2D eigenvalue weighted by molar-refractivity contribution is 5.96. The van der Waals surface area contributed by atoms with Crippen LogP contribution in [0.15, 0.2) is 48.5 Å². The van der Waals surface area contributed by atoms with Gasteiger partial charge < -0.3 is 15.2 Å². The molecule has 0 amide bonds. The molecule has 0 heterocycles. The van der Waals surface area contributed by atoms with Crippen LogP contribution in [-0.2, 0) is 0 Å². The van der Waals surface area contributed by atoms with Crippen molar-refractivity contribution in [3.8, 4) is 11.5 Å². The van der Waals surface area contributed by atoms with Crippen molar-refractivity contribution in [3.05, 3.63) is 54.1 Å². The van der Waals surface area contributed by atoms with Gasteiger partial charge in [-0.05, 0) is 36.4 Å². The van der Waals surface area contributed by atoms with Gasteiger partial charge in [0, 0.05) is 5.69 Å². The predicted octanol–water partition coefficient (Wildman–Crippen LogP) is 2.50. The molecule has 0 atom stereocenters. The van der Waals surface area contributed by atoms with Gasteiger partial charge in [0.1, 0.15) is 11.5 Å². The number of methoxy groups -OCH3 is 1. The van der Waals surface area contributed by atoms with E-state index in [1.807, 2.05) is 0 Å². The van der Waals surface area contributed by atoms with Gasteiger partial charge in [0.05, 0.1) is 12.7 Å². The van der Waals surface area contributed by atoms with E-state index in [0.717, 1.165) is 0 Å². The highest BCUT2D eigenvalue weighted by Gasteiger charge is 2.11. The molecule has 0 unspecified atom stereocenters. The van der Waals surface area contributed by atoms with E-state index in [2.05, 4.69) is 0 Å². The molecule has 18 heavy (non-hydrogen) atoms. The Balaban J connectivity index is 2.14. The van der Waals surface area contributed by atoms with Gasteiger partial charge in [-0.15, -0.1) is 0 Å². The van der Waals surface area contributed by atoms with Crippen molar-refractivity contribution in [1.29, 1.82) is 0 Å². The molecule has 0 saturated carbocycles. The molecular formula is C14H13NO3. The minimum atomic E-state index is -0.474. The summed E-state index contributed by atoms with van der Waals surface area (Å²) in [6.07, 6.45) is 0. The largest absolute Gasteiger partial charge is 0.497 e. The standard InChI is InChI=1S/C14H13NO3/c1-17-10-6-8-11(9-7-10)18-14(16)12-4-2-3-5-13(12)15/h2-9H,15H2,1H3. The summed E-state index contributed by atoms with van der Waals surface area (Å²) in [6.45, 7) is 0. The Kier molecular flexibility index (Phi) is 3.48. The minimum absolute atomic E-state index is 0.355. The summed E-state index contributed by atoms with van der Waals surface area (Å²) in [7, 11) is 1.58. The fourth-order valence-electron chi connectivity index (χ4n) is 1.49. The van der Waals surface area contributed by atoms with Crippen molar-refractivity contribution < 1.29 is 14.3 Å². The van der Waals surface area contributed by atoms with E-state index < -0.39 is 5.97 Å². The third kappa shape index (κ3) is 2.60. The minimum Gasteiger partial charge on any atom is -0.497 e. The van der Waals surface area contributed by atoms with Crippen LogP contribution in [-0.4, -0.2) is 13.1 Å². The topological polar surface area (TPSA) is 61.5 Å². The van der Waals surface area contributed by atoms with Crippen molar-refractivity contribution in [2.75, 3.05) is 12.8 Å². The van der Waals surface area contributed by atoms with Crippen molar-refractivity contribution in [1.82, 2.24) is 0 Å². The molecule has 0 fully saturated rings. The molecule has 4 nitrogen and oxygen atoms in total. The average molecular weight is 243 g/mol. The maximum atomic E-state index is 11.9. The number of benzene rings is 2. The van der Waals surface area contributed by atoms with Crippen LogP contribution in [0, 0.1) is 0 Å². The van der Waals surface area contributed by atoms with E-state index in [-0.39, 0.29) is 0 Å². The number of nitrogen functional groups attached to an aromatic ring is 1. The van der Waals surface area contributed by atoms with E-state index in [4.69, 9.17) is 15.2 Å². The molecule has 0 aliphatic rings. The molecule has 0 aromatic heterocycles. The SMILES string of the molecule is COc1ccc(OC(=O)c2ccccc2N)cc1. The molecule has 2 aromatic rings. The lowest BCUT2D eigenvalue weighted by molar-refractivity contribution is 0.0736. The first-order chi connectivity index (χ1) is 8.70. The molecule has 4 heteroatoms. The Morgan fingerprint density at radius 1 is 1.00 bits per heavy atom. The lowest BCUT2D eigenvalue weighted by atomic mass is 10.2. The quantitative estimate of drug-likeness (QED) is 0.511. The monoisotopic (exact) mass is 243 g/mol. The number of rotatable bonds is 3. The molecule has 0 spiro atoms. The maximum absolute atomic E-state index is 11.9. The Morgan fingerprint density at radius 3 is 2.22 bits per heavy atom. The van der Waals surface area contributed by atoms with Gasteiger partial charge in [-0.25, -0.2) is 4.79 Å². The first-order valence-corrected chi connectivity index (χ1v) is 5.41. The summed E-state index contributed by atoms with van der Waals surface area (Å²) < 4.78 is 10.2. The Bertz CT molecular complexity index is 549. The second-order valence-electron chi connectivity index (χ2n) is 3.65. The van der Waals surface area contributed by atoms with Gasteiger partial charge in [0.25, 0.3) is 0 Å². The number of para-hydroxylation sites is 1. The Hall–Kier alpha value is -2.49. The number of carbonyl (C=O) groups is 1. The van der Waals surface area contributed by atoms with Gasteiger partial charge in [-0.3, -0.25) is 0 Å². The highest BCUT2D eigenvalue weighted by Crippen LogP contribution is 2.19. The van der Waals surface area contributed by atoms with Crippen LogP contribution in [0.2, 0.25) is 0 Å². The van der Waals surface area contributed by atoms with Crippen LogP contribution in [0.1, 0.15) is 10.4 Å². The molecular weight excluding hydrogens is 230 g/mol. The maximum Gasteiger partial charge on any atom is 0.345 e. The molecule has 0 bridgehead atoms. The van der Waals surface area contributed by atoms with Crippen molar-refractivity contribution in [3.63, 3.8) is 0 Å². The molecule has 0 radical (unpaired) electrons. The summed E-state index contributed by atoms with van der Waals surface area (Å²) in [5.41, 5.74) is 6.45. The smallest absolute Gasteiger partial charge is 0.345 e. The van der Waals surface area contributed by atoms with E-state index in [0.29, 0.717) is 22.7 Å². The number of ether oxygens (including phenoxy) is 2. The Morgan fingerprint density at radius 2 is 1.61 bits per heavy atom. The number of esters is 1. The number of nitrogens with two attached hydrogens (primary N) is 1. The third-order valence-corrected chi connectivity index (χ3v) is 2.45. The summed E-state index contributed by atoms with van der Waals surface area (Å²) in [5, 5.41) is 0. The summed E-state index contributed by atoms with van der Waals surface area (Å²) in [4.78, 5) is 11.9. The van der Waals surface area contributed by atoms with E-state index >= 15 is 0 Å². The fraction of sp³-hybridized carbons (Fsp3) is 0.0714. The van der Waals surface area contributed by atoms with Crippen LogP contribution < -0.4 is 15.2 Å². The lowest BCUT2D eigenvalue weighted by Crippen LogP contribution is -2.10. The first-order valence-electron chi connectivity index (χ1n) is 5.41. The molecule has 92 valence electrons. The molecule has 0 aliphatic carbocycles. The summed E-state index contributed by atoms with van der Waals surface area (Å²) in [5.74, 6) is 0.677. The zero-order chi connectivity index (χ0) is 13.0. The van der Waals surface area contributed by atoms with E-state index in [1.165, 1.54) is 0 Å². The summed E-state index contributed by atoms with van der Waals surface area (Å²) in [6, 6.07) is 13.5. The van der Waals surface area contributed by atoms with Gasteiger partial charge in [0.2, 0.25) is 0 Å². The van der Waals surface area contributed by atoms with Crippen LogP contribution >= 0.6 is 0 Å². The number of carbonyl (C=O) groups excluding carboxylic acids is 1. The zero-order valence-electron chi connectivity index (χ0n) is 9.92. The number of hydrogen-bond donors (Lipinski definition) is 1. The van der Waals surface area contributed by atoms with Gasteiger partial charge in [0.15, 0.2) is 0 Å². The van der Waals surface area contributed by atoms with E-state index in [1.54, 1.807) is 55.6 Å². The van der Waals surface area contributed by atoms with Crippen molar-refractivity contribution in [2.45, 2.75) is 0 Å². The zero-order valence-corrected chi connectivity index (χ0v) is 9.92. The predicted molar refractivity (Wildman–Crippen MR) is 68.8 cm³/mol. The Labute approximate surface area is 105 Å². The second kappa shape index (κ2) is 5.23. The normalized spacial score (nSPS) is 9.83. The number of anilines is 1. The molecule has 2 aromatic carbocycles. The van der Waals surface area contributed by atoms with Gasteiger partial charge in [-0.2, -0.15) is 0 Å². The first kappa shape index (κ1) is 12.0. The average Bonchev–Trinajstić information content (AvgIpc) is 2.40. The molecule has 2 N–H and O–H groups in total. The lowest BCUT2D eigenvalue weighted by Gasteiger charge is -2.06. The number of hydrogen-bond acceptors (Lipinski definition) is 4. The summed E-state index contributed by atoms with van der Waals surface area (Å²) >= 11 is 0. The van der Waals surface area contributed by atoms with Crippen molar-refractivity contribution in [2.24, 2.45) is 0 Å². The van der Waals surface area contributed by atoms with Crippen LogP contribution in [0.25, 0.3) is 0 Å². The molecule has 2 rings (SSSR count). The second-order valence-corrected chi connectivity index (χ2v) is 3.65.